The topological polar surface area (TPSA) is 67.4 Å². The molecular weight excluding hydrogens is 256 g/mol. The van der Waals surface area contributed by atoms with Crippen molar-refractivity contribution in [3.8, 4) is 0 Å². The molecule has 1 aliphatic carbocycles. The highest BCUT2D eigenvalue weighted by Crippen LogP contribution is 2.23. The van der Waals surface area contributed by atoms with Crippen molar-refractivity contribution in [2.24, 2.45) is 11.8 Å². The van der Waals surface area contributed by atoms with Gasteiger partial charge in [0, 0.05) is 6.04 Å². The van der Waals surface area contributed by atoms with Gasteiger partial charge in [0.1, 0.15) is 6.04 Å². The summed E-state index contributed by atoms with van der Waals surface area (Å²) in [4.78, 5) is 23.7. The molecule has 0 aromatic heterocycles. The van der Waals surface area contributed by atoms with Crippen molar-refractivity contribution in [2.45, 2.75) is 65.0 Å². The van der Waals surface area contributed by atoms with Gasteiger partial charge in [-0.3, -0.25) is 0 Å². The van der Waals surface area contributed by atoms with E-state index in [9.17, 15) is 9.59 Å². The highest BCUT2D eigenvalue weighted by molar-refractivity contribution is 5.83. The van der Waals surface area contributed by atoms with Crippen LogP contribution in [0.15, 0.2) is 0 Å². The van der Waals surface area contributed by atoms with Gasteiger partial charge in [0.15, 0.2) is 0 Å². The molecule has 116 valence electrons. The van der Waals surface area contributed by atoms with Crippen molar-refractivity contribution in [1.29, 1.82) is 0 Å². The lowest BCUT2D eigenvalue weighted by Gasteiger charge is -2.30. The number of urea groups is 1. The number of amides is 2. The maximum absolute atomic E-state index is 12.0. The summed E-state index contributed by atoms with van der Waals surface area (Å²) in [6, 6.07) is -0.625. The molecule has 0 bridgehead atoms. The SMILES string of the molecule is COC(=O)[C@H](CC(C)C)NC(=O)N[C@H]1CCCC[C@H]1C. The number of carbonyl (C=O) groups is 2. The predicted molar refractivity (Wildman–Crippen MR) is 78.3 cm³/mol. The normalized spacial score (nSPS) is 24.1. The van der Waals surface area contributed by atoms with E-state index in [1.165, 1.54) is 13.5 Å². The Morgan fingerprint density at radius 3 is 2.45 bits per heavy atom. The number of nitrogens with one attached hydrogen (secondary N) is 2. The molecule has 0 aromatic rings. The van der Waals surface area contributed by atoms with Crippen molar-refractivity contribution < 1.29 is 14.3 Å². The molecule has 0 saturated heterocycles. The van der Waals surface area contributed by atoms with Crippen molar-refractivity contribution >= 4 is 12.0 Å². The van der Waals surface area contributed by atoms with Crippen LogP contribution in [-0.2, 0) is 9.53 Å². The third-order valence-corrected chi connectivity index (χ3v) is 3.93. The summed E-state index contributed by atoms with van der Waals surface area (Å²) in [6.07, 6.45) is 5.14. The average molecular weight is 284 g/mol. The summed E-state index contributed by atoms with van der Waals surface area (Å²) >= 11 is 0. The zero-order valence-corrected chi connectivity index (χ0v) is 13.1. The van der Waals surface area contributed by atoms with Crippen molar-refractivity contribution in [3.05, 3.63) is 0 Å². The Hall–Kier alpha value is -1.26. The van der Waals surface area contributed by atoms with E-state index in [4.69, 9.17) is 4.74 Å². The van der Waals surface area contributed by atoms with Gasteiger partial charge >= 0.3 is 12.0 Å². The summed E-state index contributed by atoms with van der Waals surface area (Å²) in [5.74, 6) is 0.426. The lowest BCUT2D eigenvalue weighted by molar-refractivity contribution is -0.143. The molecule has 0 aliphatic heterocycles. The first kappa shape index (κ1) is 16.8. The molecular formula is C15H28N2O3. The second-order valence-corrected chi connectivity index (χ2v) is 6.19. The maximum Gasteiger partial charge on any atom is 0.328 e. The van der Waals surface area contributed by atoms with Gasteiger partial charge in [-0.1, -0.05) is 33.6 Å². The fourth-order valence-electron chi connectivity index (χ4n) is 2.73. The monoisotopic (exact) mass is 284 g/mol. The van der Waals surface area contributed by atoms with Crippen LogP contribution in [0.25, 0.3) is 0 Å². The average Bonchev–Trinajstić information content (AvgIpc) is 2.39. The minimum absolute atomic E-state index is 0.209. The van der Waals surface area contributed by atoms with Crippen molar-refractivity contribution in [3.63, 3.8) is 0 Å². The van der Waals surface area contributed by atoms with E-state index < -0.39 is 6.04 Å². The fourth-order valence-corrected chi connectivity index (χ4v) is 2.73. The number of esters is 1. The van der Waals surface area contributed by atoms with E-state index in [1.807, 2.05) is 13.8 Å². The Labute approximate surface area is 121 Å². The molecule has 5 nitrogen and oxygen atoms in total. The summed E-state index contributed by atoms with van der Waals surface area (Å²) in [5, 5.41) is 5.74. The molecule has 0 aromatic carbocycles. The zero-order chi connectivity index (χ0) is 15.1. The van der Waals surface area contributed by atoms with Gasteiger partial charge < -0.3 is 15.4 Å². The second kappa shape index (κ2) is 8.12. The fraction of sp³-hybridized carbons (Fsp3) is 0.867. The second-order valence-electron chi connectivity index (χ2n) is 6.19. The molecule has 0 radical (unpaired) electrons. The summed E-state index contributed by atoms with van der Waals surface area (Å²) in [6.45, 7) is 6.19. The van der Waals surface area contributed by atoms with Gasteiger partial charge in [0.25, 0.3) is 0 Å². The van der Waals surface area contributed by atoms with Gasteiger partial charge in [-0.05, 0) is 31.1 Å². The molecule has 0 heterocycles. The standard InChI is InChI=1S/C15H28N2O3/c1-10(2)9-13(14(18)20-4)17-15(19)16-12-8-6-5-7-11(12)3/h10-13H,5-9H2,1-4H3,(H2,16,17,19)/t11-,12+,13+/m1/s1. The van der Waals surface area contributed by atoms with E-state index in [0.29, 0.717) is 18.3 Å². The van der Waals surface area contributed by atoms with E-state index in [1.54, 1.807) is 0 Å². The maximum atomic E-state index is 12.0. The number of hydrogen-bond donors (Lipinski definition) is 2. The summed E-state index contributed by atoms with van der Waals surface area (Å²) < 4.78 is 4.74. The van der Waals surface area contributed by atoms with Crippen LogP contribution < -0.4 is 10.6 Å². The van der Waals surface area contributed by atoms with Crippen molar-refractivity contribution in [1.82, 2.24) is 10.6 Å². The first-order valence-corrected chi connectivity index (χ1v) is 7.59. The quantitative estimate of drug-likeness (QED) is 0.762. The van der Waals surface area contributed by atoms with E-state index >= 15 is 0 Å². The van der Waals surface area contributed by atoms with E-state index in [2.05, 4.69) is 17.6 Å². The Balaban J connectivity index is 2.50. The smallest absolute Gasteiger partial charge is 0.328 e. The first-order valence-electron chi connectivity index (χ1n) is 7.59. The van der Waals surface area contributed by atoms with Gasteiger partial charge in [-0.2, -0.15) is 0 Å². The molecule has 3 atom stereocenters. The Morgan fingerprint density at radius 1 is 1.25 bits per heavy atom. The van der Waals surface area contributed by atoms with Crippen LogP contribution in [0.3, 0.4) is 0 Å². The van der Waals surface area contributed by atoms with Gasteiger partial charge in [-0.25, -0.2) is 9.59 Å². The molecule has 1 saturated carbocycles. The molecule has 1 aliphatic rings. The van der Waals surface area contributed by atoms with Gasteiger partial charge in [0.05, 0.1) is 7.11 Å². The zero-order valence-electron chi connectivity index (χ0n) is 13.1. The Morgan fingerprint density at radius 2 is 1.90 bits per heavy atom. The number of methoxy groups -OCH3 is 1. The molecule has 1 fully saturated rings. The van der Waals surface area contributed by atoms with Crippen molar-refractivity contribution in [2.75, 3.05) is 7.11 Å². The lowest BCUT2D eigenvalue weighted by atomic mass is 9.86. The third-order valence-electron chi connectivity index (χ3n) is 3.93. The Bertz CT molecular complexity index is 331. The number of ether oxygens (including phenoxy) is 1. The summed E-state index contributed by atoms with van der Waals surface area (Å²) in [7, 11) is 1.35. The largest absolute Gasteiger partial charge is 0.467 e. The van der Waals surface area contributed by atoms with Crippen LogP contribution in [0.2, 0.25) is 0 Å². The van der Waals surface area contributed by atoms with Crippen LogP contribution in [0.1, 0.15) is 52.9 Å². The molecule has 0 spiro atoms. The van der Waals surface area contributed by atoms with E-state index in [-0.39, 0.29) is 18.0 Å². The summed E-state index contributed by atoms with van der Waals surface area (Å²) in [5.41, 5.74) is 0. The number of hydrogen-bond acceptors (Lipinski definition) is 3. The van der Waals surface area contributed by atoms with Crippen LogP contribution in [0.4, 0.5) is 4.79 Å². The molecule has 20 heavy (non-hydrogen) atoms. The molecule has 2 N–H and O–H groups in total. The molecule has 5 heteroatoms. The number of carbonyl (C=O) groups excluding carboxylic acids is 2. The molecule has 2 amide bonds. The van der Waals surface area contributed by atoms with Crippen LogP contribution in [-0.4, -0.2) is 31.2 Å². The highest BCUT2D eigenvalue weighted by atomic mass is 16.5. The number of rotatable bonds is 5. The molecule has 0 unspecified atom stereocenters. The minimum Gasteiger partial charge on any atom is -0.467 e. The Kier molecular flexibility index (Phi) is 6.82. The van der Waals surface area contributed by atoms with Crippen LogP contribution >= 0.6 is 0 Å². The predicted octanol–water partition coefficient (Wildman–Crippen LogP) is 2.45. The van der Waals surface area contributed by atoms with Gasteiger partial charge in [-0.15, -0.1) is 0 Å². The molecule has 1 rings (SSSR count). The van der Waals surface area contributed by atoms with E-state index in [0.717, 1.165) is 19.3 Å². The van der Waals surface area contributed by atoms with Crippen LogP contribution in [0.5, 0.6) is 0 Å². The first-order chi connectivity index (χ1) is 9.43. The highest BCUT2D eigenvalue weighted by Gasteiger charge is 2.26. The van der Waals surface area contributed by atoms with Crippen LogP contribution in [0, 0.1) is 11.8 Å². The minimum atomic E-state index is -0.570. The third kappa shape index (κ3) is 5.39. The van der Waals surface area contributed by atoms with Gasteiger partial charge in [0.2, 0.25) is 0 Å². The lowest BCUT2D eigenvalue weighted by Crippen LogP contribution is -2.51.